The molecular weight excluding hydrogens is 368 g/mol. The van der Waals surface area contributed by atoms with Crippen LogP contribution in [0, 0.1) is 5.41 Å². The fourth-order valence-corrected chi connectivity index (χ4v) is 4.71. The molecule has 0 atom stereocenters. The van der Waals surface area contributed by atoms with E-state index in [1.165, 1.54) is 42.9 Å². The van der Waals surface area contributed by atoms with Gasteiger partial charge in [-0.25, -0.2) is 9.67 Å². The number of carbonyl (C=O) groups excluding carboxylic acids is 1. The third-order valence-corrected chi connectivity index (χ3v) is 6.25. The molecule has 1 spiro atoms. The lowest BCUT2D eigenvalue weighted by Gasteiger charge is -2.24. The summed E-state index contributed by atoms with van der Waals surface area (Å²) >= 11 is 0. The number of imidazole rings is 1. The molecule has 0 radical (unpaired) electrons. The second kappa shape index (κ2) is 7.02. The van der Waals surface area contributed by atoms with Crippen LogP contribution < -0.4 is 15.8 Å². The summed E-state index contributed by atoms with van der Waals surface area (Å²) in [4.78, 5) is 31.2. The smallest absolute Gasteiger partial charge is 0.267 e. The van der Waals surface area contributed by atoms with Crippen molar-refractivity contribution in [3.05, 3.63) is 53.2 Å². The maximum atomic E-state index is 12.5. The molecule has 1 amide bonds. The Morgan fingerprint density at radius 2 is 2.00 bits per heavy atom. The molecule has 1 N–H and O–H groups in total. The Kier molecular flexibility index (Phi) is 4.34. The third kappa shape index (κ3) is 3.50. The van der Waals surface area contributed by atoms with Crippen molar-refractivity contribution < 1.29 is 4.79 Å². The van der Waals surface area contributed by atoms with Crippen molar-refractivity contribution in [2.45, 2.75) is 38.6 Å². The lowest BCUT2D eigenvalue weighted by atomic mass is 9.86. The fourth-order valence-electron chi connectivity index (χ4n) is 4.71. The zero-order valence-electron chi connectivity index (χ0n) is 16.3. The first-order valence-corrected chi connectivity index (χ1v) is 10.2. The molecule has 8 nitrogen and oxygen atoms in total. The number of pyridine rings is 1. The second-order valence-electron chi connectivity index (χ2n) is 8.22. The Bertz CT molecular complexity index is 1110. The van der Waals surface area contributed by atoms with Gasteiger partial charge in [0.05, 0.1) is 0 Å². The van der Waals surface area contributed by atoms with Crippen LogP contribution in [0.25, 0.3) is 5.65 Å². The molecule has 3 aromatic rings. The Morgan fingerprint density at radius 3 is 2.86 bits per heavy atom. The maximum Gasteiger partial charge on any atom is 0.267 e. The normalized spacial score (nSPS) is 18.0. The van der Waals surface area contributed by atoms with Gasteiger partial charge in [0.1, 0.15) is 18.0 Å². The molecule has 29 heavy (non-hydrogen) atoms. The van der Waals surface area contributed by atoms with Crippen LogP contribution in [0.4, 0.5) is 11.5 Å². The molecule has 150 valence electrons. The van der Waals surface area contributed by atoms with Gasteiger partial charge in [-0.05, 0) is 36.8 Å². The number of amides is 1. The largest absolute Gasteiger partial charge is 0.355 e. The van der Waals surface area contributed by atoms with E-state index < -0.39 is 0 Å². The number of nitrogens with zero attached hydrogens (tertiary/aromatic N) is 5. The monoisotopic (exact) mass is 392 g/mol. The van der Waals surface area contributed by atoms with E-state index >= 15 is 0 Å². The van der Waals surface area contributed by atoms with E-state index in [0.29, 0.717) is 11.1 Å². The molecular formula is C21H24N6O2. The molecule has 0 aromatic carbocycles. The predicted octanol–water partition coefficient (Wildman–Crippen LogP) is 2.30. The van der Waals surface area contributed by atoms with Crippen molar-refractivity contribution in [2.24, 2.45) is 5.41 Å². The third-order valence-electron chi connectivity index (χ3n) is 6.25. The van der Waals surface area contributed by atoms with E-state index in [4.69, 9.17) is 0 Å². The molecule has 1 saturated carbocycles. The maximum absolute atomic E-state index is 12.5. The van der Waals surface area contributed by atoms with Crippen molar-refractivity contribution in [3.8, 4) is 0 Å². The summed E-state index contributed by atoms with van der Waals surface area (Å²) < 4.78 is 3.11. The van der Waals surface area contributed by atoms with Crippen molar-refractivity contribution >= 4 is 23.1 Å². The van der Waals surface area contributed by atoms with Gasteiger partial charge in [-0.2, -0.15) is 5.10 Å². The molecule has 1 saturated heterocycles. The van der Waals surface area contributed by atoms with Gasteiger partial charge < -0.3 is 14.6 Å². The molecule has 2 fully saturated rings. The summed E-state index contributed by atoms with van der Waals surface area (Å²) in [6.45, 7) is 1.84. The number of nitrogens with one attached hydrogen (secondary N) is 1. The van der Waals surface area contributed by atoms with E-state index in [1.54, 1.807) is 24.4 Å². The Balaban J connectivity index is 1.29. The van der Waals surface area contributed by atoms with E-state index in [-0.39, 0.29) is 18.0 Å². The Labute approximate surface area is 168 Å². The van der Waals surface area contributed by atoms with Crippen LogP contribution >= 0.6 is 0 Å². The highest BCUT2D eigenvalue weighted by Gasteiger charge is 2.40. The summed E-state index contributed by atoms with van der Waals surface area (Å²) in [6.07, 6.45) is 11.7. The quantitative estimate of drug-likeness (QED) is 0.737. The number of rotatable bonds is 4. The average Bonchev–Trinajstić information content (AvgIpc) is 3.45. The molecule has 5 rings (SSSR count). The van der Waals surface area contributed by atoms with Gasteiger partial charge in [-0.3, -0.25) is 9.59 Å². The van der Waals surface area contributed by atoms with Gasteiger partial charge in [-0.1, -0.05) is 12.8 Å². The predicted molar refractivity (Wildman–Crippen MR) is 110 cm³/mol. The van der Waals surface area contributed by atoms with E-state index in [0.717, 1.165) is 24.6 Å². The molecule has 2 aliphatic rings. The Morgan fingerprint density at radius 1 is 1.14 bits per heavy atom. The van der Waals surface area contributed by atoms with Gasteiger partial charge in [0.2, 0.25) is 5.91 Å². The number of aromatic nitrogens is 4. The van der Waals surface area contributed by atoms with Crippen molar-refractivity contribution in [1.82, 2.24) is 19.2 Å². The minimum atomic E-state index is -0.290. The number of anilines is 2. The first-order valence-electron chi connectivity index (χ1n) is 10.2. The van der Waals surface area contributed by atoms with Crippen LogP contribution in [0.2, 0.25) is 0 Å². The lowest BCUT2D eigenvalue weighted by Crippen LogP contribution is -2.32. The van der Waals surface area contributed by atoms with Crippen LogP contribution in [0.1, 0.15) is 32.1 Å². The standard InChI is InChI=1S/C21H24N6O2/c28-19(23-16-5-10-25-12-9-22-18(25)13-16)14-27-20(29)4-3-17(24-27)26-11-8-21(15-26)6-1-2-7-21/h3-5,9-10,12-13H,1-2,6-8,11,14-15H2,(H,23,28). The summed E-state index contributed by atoms with van der Waals surface area (Å²) in [5.74, 6) is 0.487. The van der Waals surface area contributed by atoms with Gasteiger partial charge in [-0.15, -0.1) is 0 Å². The average molecular weight is 392 g/mol. The summed E-state index contributed by atoms with van der Waals surface area (Å²) in [6, 6.07) is 6.86. The van der Waals surface area contributed by atoms with E-state index in [9.17, 15) is 9.59 Å². The molecule has 8 heteroatoms. The van der Waals surface area contributed by atoms with Gasteiger partial charge >= 0.3 is 0 Å². The molecule has 1 aliphatic carbocycles. The number of carbonyl (C=O) groups is 1. The topological polar surface area (TPSA) is 84.5 Å². The van der Waals surface area contributed by atoms with Crippen LogP contribution in [-0.2, 0) is 11.3 Å². The SMILES string of the molecule is O=C(Cn1nc(N2CCC3(CCCC3)C2)ccc1=O)Nc1ccn2ccnc2c1. The first-order chi connectivity index (χ1) is 14.1. The van der Waals surface area contributed by atoms with Crippen LogP contribution in [0.5, 0.6) is 0 Å². The molecule has 4 heterocycles. The van der Waals surface area contributed by atoms with Gasteiger partial charge in [0.15, 0.2) is 0 Å². The zero-order valence-corrected chi connectivity index (χ0v) is 16.3. The number of hydrogen-bond donors (Lipinski definition) is 1. The Hall–Kier alpha value is -3.16. The molecule has 3 aromatic heterocycles. The van der Waals surface area contributed by atoms with Crippen molar-refractivity contribution in [1.29, 1.82) is 0 Å². The number of fused-ring (bicyclic) bond motifs is 1. The summed E-state index contributed by atoms with van der Waals surface area (Å²) in [5, 5.41) is 7.31. The van der Waals surface area contributed by atoms with Crippen molar-refractivity contribution in [2.75, 3.05) is 23.3 Å². The zero-order chi connectivity index (χ0) is 19.8. The highest BCUT2D eigenvalue weighted by molar-refractivity contribution is 5.90. The van der Waals surface area contributed by atoms with Gasteiger partial charge in [0, 0.05) is 49.5 Å². The number of hydrogen-bond acceptors (Lipinski definition) is 5. The van der Waals surface area contributed by atoms with Crippen LogP contribution in [-0.4, -0.2) is 38.2 Å². The summed E-state index contributed by atoms with van der Waals surface area (Å²) in [7, 11) is 0. The highest BCUT2D eigenvalue weighted by Crippen LogP contribution is 2.45. The van der Waals surface area contributed by atoms with Gasteiger partial charge in [0.25, 0.3) is 5.56 Å². The van der Waals surface area contributed by atoms with Crippen LogP contribution in [0.3, 0.4) is 0 Å². The first kappa shape index (κ1) is 17.9. The fraction of sp³-hybridized carbons (Fsp3) is 0.429. The van der Waals surface area contributed by atoms with E-state index in [2.05, 4.69) is 20.3 Å². The molecule has 0 unspecified atom stereocenters. The summed E-state index contributed by atoms with van der Waals surface area (Å²) in [5.41, 5.74) is 1.53. The molecule has 0 bridgehead atoms. The van der Waals surface area contributed by atoms with Crippen molar-refractivity contribution in [3.63, 3.8) is 0 Å². The van der Waals surface area contributed by atoms with E-state index in [1.807, 2.05) is 16.8 Å². The lowest BCUT2D eigenvalue weighted by molar-refractivity contribution is -0.117. The van der Waals surface area contributed by atoms with Crippen LogP contribution in [0.15, 0.2) is 47.7 Å². The minimum absolute atomic E-state index is 0.120. The minimum Gasteiger partial charge on any atom is -0.355 e. The second-order valence-corrected chi connectivity index (χ2v) is 8.22. The molecule has 1 aliphatic heterocycles. The highest BCUT2D eigenvalue weighted by atomic mass is 16.2.